The van der Waals surface area contributed by atoms with Crippen molar-refractivity contribution in [2.45, 2.75) is 45.6 Å². The number of carbonyl (C=O) groups excluding carboxylic acids is 3. The van der Waals surface area contributed by atoms with Gasteiger partial charge in [0.05, 0.1) is 12.1 Å². The van der Waals surface area contributed by atoms with Gasteiger partial charge >= 0.3 is 17.9 Å². The van der Waals surface area contributed by atoms with Gasteiger partial charge in [-0.3, -0.25) is 14.9 Å². The Morgan fingerprint density at radius 3 is 2.00 bits per heavy atom. The Bertz CT molecular complexity index is 1070. The highest BCUT2D eigenvalue weighted by molar-refractivity contribution is 5.97. The summed E-state index contributed by atoms with van der Waals surface area (Å²) in [7, 11) is 0. The summed E-state index contributed by atoms with van der Waals surface area (Å²) >= 11 is 0. The molecule has 0 saturated heterocycles. The average Bonchev–Trinajstić information content (AvgIpc) is 2.84. The van der Waals surface area contributed by atoms with Gasteiger partial charge in [0.1, 0.15) is 24.7 Å². The zero-order valence-electron chi connectivity index (χ0n) is 20.2. The van der Waals surface area contributed by atoms with Gasteiger partial charge in [-0.2, -0.15) is 0 Å². The number of benzene rings is 2. The summed E-state index contributed by atoms with van der Waals surface area (Å²) in [4.78, 5) is 38.4. The lowest BCUT2D eigenvalue weighted by Crippen LogP contribution is -2.46. The fourth-order valence-corrected chi connectivity index (χ4v) is 3.55. The second-order valence-corrected chi connectivity index (χ2v) is 9.13. The fourth-order valence-electron chi connectivity index (χ4n) is 3.55. The molecule has 1 aliphatic carbocycles. The molecule has 0 bridgehead atoms. The molecule has 0 saturated carbocycles. The van der Waals surface area contributed by atoms with E-state index >= 15 is 0 Å². The van der Waals surface area contributed by atoms with Crippen molar-refractivity contribution in [3.8, 4) is 0 Å². The normalized spacial score (nSPS) is 17.3. The van der Waals surface area contributed by atoms with E-state index in [1.165, 1.54) is 0 Å². The predicted octanol–water partition coefficient (Wildman–Crippen LogP) is 3.89. The minimum atomic E-state index is -0.991. The summed E-state index contributed by atoms with van der Waals surface area (Å²) in [5, 5.41) is 3.02. The van der Waals surface area contributed by atoms with Crippen LogP contribution in [0.1, 0.15) is 31.9 Å². The summed E-state index contributed by atoms with van der Waals surface area (Å²) in [5.74, 6) is -2.67. The van der Waals surface area contributed by atoms with Crippen molar-refractivity contribution >= 4 is 17.9 Å². The first-order valence-corrected chi connectivity index (χ1v) is 11.5. The van der Waals surface area contributed by atoms with E-state index in [9.17, 15) is 14.4 Å². The van der Waals surface area contributed by atoms with Crippen LogP contribution >= 0.6 is 0 Å². The zero-order chi connectivity index (χ0) is 25.3. The van der Waals surface area contributed by atoms with Crippen molar-refractivity contribution in [1.29, 1.82) is 0 Å². The Labute approximate surface area is 205 Å². The average molecular weight is 478 g/mol. The molecule has 0 fully saturated rings. The smallest absolute Gasteiger partial charge is 0.335 e. The number of hydrogen-bond donors (Lipinski definition) is 1. The summed E-state index contributed by atoms with van der Waals surface area (Å²) < 4.78 is 16.4. The van der Waals surface area contributed by atoms with Gasteiger partial charge in [0.25, 0.3) is 0 Å². The first-order chi connectivity index (χ1) is 16.7. The van der Waals surface area contributed by atoms with Gasteiger partial charge in [0.2, 0.25) is 0 Å². The van der Waals surface area contributed by atoms with Crippen LogP contribution in [0.5, 0.6) is 0 Å². The third-order valence-electron chi connectivity index (χ3n) is 5.12. The van der Waals surface area contributed by atoms with E-state index < -0.39 is 35.5 Å². The minimum absolute atomic E-state index is 0.0605. The Morgan fingerprint density at radius 2 is 1.43 bits per heavy atom. The molecule has 184 valence electrons. The second kappa shape index (κ2) is 12.1. The number of rotatable bonds is 9. The first kappa shape index (κ1) is 25.9. The summed E-state index contributed by atoms with van der Waals surface area (Å²) in [6.07, 6.45) is 4.92. The Morgan fingerprint density at radius 1 is 0.857 bits per heavy atom. The molecule has 1 N–H and O–H groups in total. The number of ether oxygens (including phenoxy) is 3. The maximum atomic E-state index is 13.2. The highest BCUT2D eigenvalue weighted by Gasteiger charge is 2.37. The molecule has 0 amide bonds. The molecule has 7 heteroatoms. The van der Waals surface area contributed by atoms with Crippen LogP contribution in [-0.2, 0) is 41.8 Å². The zero-order valence-corrected chi connectivity index (χ0v) is 20.2. The maximum Gasteiger partial charge on any atom is 0.335 e. The van der Waals surface area contributed by atoms with Crippen LogP contribution in [0.4, 0.5) is 0 Å². The van der Waals surface area contributed by atoms with Gasteiger partial charge in [0.15, 0.2) is 0 Å². The molecular weight excluding hydrogens is 446 g/mol. The monoisotopic (exact) mass is 477 g/mol. The van der Waals surface area contributed by atoms with Crippen LogP contribution < -0.4 is 5.32 Å². The van der Waals surface area contributed by atoms with Gasteiger partial charge in [-0.05, 0) is 31.9 Å². The van der Waals surface area contributed by atoms with Gasteiger partial charge in [-0.25, -0.2) is 4.79 Å². The van der Waals surface area contributed by atoms with Crippen LogP contribution in [0.15, 0.2) is 84.5 Å². The number of esters is 3. The van der Waals surface area contributed by atoms with Crippen LogP contribution in [0.2, 0.25) is 0 Å². The van der Waals surface area contributed by atoms with Gasteiger partial charge < -0.3 is 14.2 Å². The molecule has 0 heterocycles. The molecule has 2 aromatic rings. The van der Waals surface area contributed by atoms with E-state index in [1.807, 2.05) is 60.7 Å². The predicted molar refractivity (Wildman–Crippen MR) is 131 cm³/mol. The fraction of sp³-hybridized carbons (Fsp3) is 0.321. The van der Waals surface area contributed by atoms with Crippen LogP contribution in [0.3, 0.4) is 0 Å². The second-order valence-electron chi connectivity index (χ2n) is 9.13. The van der Waals surface area contributed by atoms with Crippen molar-refractivity contribution in [1.82, 2.24) is 5.32 Å². The number of allylic oxidation sites excluding steroid dienone is 2. The Kier molecular flexibility index (Phi) is 8.98. The molecule has 7 nitrogen and oxygen atoms in total. The van der Waals surface area contributed by atoms with Gasteiger partial charge in [0, 0.05) is 6.04 Å². The lowest BCUT2D eigenvalue weighted by Gasteiger charge is -2.28. The molecule has 2 atom stereocenters. The van der Waals surface area contributed by atoms with Crippen molar-refractivity contribution in [2.24, 2.45) is 5.92 Å². The summed E-state index contributed by atoms with van der Waals surface area (Å²) in [6.45, 7) is 5.32. The van der Waals surface area contributed by atoms with E-state index in [-0.39, 0.29) is 25.3 Å². The molecule has 0 aromatic heterocycles. The topological polar surface area (TPSA) is 90.9 Å². The summed E-state index contributed by atoms with van der Waals surface area (Å²) in [5.41, 5.74) is 1.17. The van der Waals surface area contributed by atoms with E-state index in [1.54, 1.807) is 39.0 Å². The van der Waals surface area contributed by atoms with E-state index in [0.29, 0.717) is 0 Å². The molecule has 0 spiro atoms. The lowest BCUT2D eigenvalue weighted by molar-refractivity contribution is -0.155. The van der Waals surface area contributed by atoms with Crippen molar-refractivity contribution in [2.75, 3.05) is 6.54 Å². The molecule has 0 aliphatic heterocycles. The van der Waals surface area contributed by atoms with Crippen molar-refractivity contribution in [3.63, 3.8) is 0 Å². The first-order valence-electron chi connectivity index (χ1n) is 11.5. The Balaban J connectivity index is 1.72. The van der Waals surface area contributed by atoms with Crippen LogP contribution in [-0.4, -0.2) is 36.1 Å². The molecule has 3 rings (SSSR count). The van der Waals surface area contributed by atoms with Crippen molar-refractivity contribution < 1.29 is 28.6 Å². The molecular formula is C28H31NO6. The highest BCUT2D eigenvalue weighted by atomic mass is 16.6. The quantitative estimate of drug-likeness (QED) is 0.433. The summed E-state index contributed by atoms with van der Waals surface area (Å²) in [6, 6.07) is 17.9. The van der Waals surface area contributed by atoms with Gasteiger partial charge in [-0.1, -0.05) is 78.9 Å². The standard InChI is InChI=1S/C28H31NO6/c1-28(2,3)35-24(30)17-29-23-16-10-15-22(26(31)33-18-20-11-6-4-7-12-20)25(23)27(32)34-19-21-13-8-5-9-14-21/h4-16,23,25,29H,17-19H2,1-3H3. The van der Waals surface area contributed by atoms with E-state index in [0.717, 1.165) is 11.1 Å². The van der Waals surface area contributed by atoms with Crippen LogP contribution in [0, 0.1) is 5.92 Å². The molecule has 0 radical (unpaired) electrons. The highest BCUT2D eigenvalue weighted by Crippen LogP contribution is 2.25. The number of hydrogen-bond acceptors (Lipinski definition) is 7. The van der Waals surface area contributed by atoms with E-state index in [4.69, 9.17) is 14.2 Å². The Hall–Kier alpha value is -3.71. The van der Waals surface area contributed by atoms with Gasteiger partial charge in [-0.15, -0.1) is 0 Å². The lowest BCUT2D eigenvalue weighted by atomic mass is 9.87. The molecule has 2 aromatic carbocycles. The van der Waals surface area contributed by atoms with Crippen LogP contribution in [0.25, 0.3) is 0 Å². The number of carbonyl (C=O) groups is 3. The molecule has 2 unspecified atom stereocenters. The molecule has 35 heavy (non-hydrogen) atoms. The third-order valence-corrected chi connectivity index (χ3v) is 5.12. The largest absolute Gasteiger partial charge is 0.460 e. The minimum Gasteiger partial charge on any atom is -0.460 e. The van der Waals surface area contributed by atoms with E-state index in [2.05, 4.69) is 5.32 Å². The maximum absolute atomic E-state index is 13.2. The SMILES string of the molecule is CC(C)(C)OC(=O)CNC1C=CC=C(C(=O)OCc2ccccc2)C1C(=O)OCc1ccccc1. The molecule has 1 aliphatic rings. The number of nitrogens with one attached hydrogen (secondary N) is 1. The van der Waals surface area contributed by atoms with Crippen molar-refractivity contribution in [3.05, 3.63) is 95.6 Å². The third kappa shape index (κ3) is 8.22.